The predicted octanol–water partition coefficient (Wildman–Crippen LogP) is 6.01. The predicted molar refractivity (Wildman–Crippen MR) is 140 cm³/mol. The Labute approximate surface area is 213 Å². The summed E-state index contributed by atoms with van der Waals surface area (Å²) < 4.78 is 20.6. The molecule has 1 unspecified atom stereocenters. The van der Waals surface area contributed by atoms with Crippen LogP contribution in [-0.4, -0.2) is 39.8 Å². The van der Waals surface area contributed by atoms with Gasteiger partial charge < -0.3 is 19.7 Å². The maximum absolute atomic E-state index is 13.7. The lowest BCUT2D eigenvalue weighted by Crippen LogP contribution is -2.17. The molecule has 2 heterocycles. The van der Waals surface area contributed by atoms with Crippen LogP contribution in [0.15, 0.2) is 42.4 Å². The SMILES string of the molecule is C/C=C(/F)C/C=C\C(C)c1c(-c2ccnc(NC)c2)nc(C2(O)CC2)n1CCCCCCC(=O)OC. The van der Waals surface area contributed by atoms with Crippen LogP contribution in [0.5, 0.6) is 0 Å². The van der Waals surface area contributed by atoms with Crippen LogP contribution >= 0.6 is 0 Å². The van der Waals surface area contributed by atoms with Crippen molar-refractivity contribution in [2.24, 2.45) is 0 Å². The molecule has 1 aliphatic carbocycles. The summed E-state index contributed by atoms with van der Waals surface area (Å²) in [7, 11) is 3.24. The number of anilines is 1. The molecule has 0 radical (unpaired) electrons. The van der Waals surface area contributed by atoms with E-state index in [2.05, 4.69) is 21.8 Å². The summed E-state index contributed by atoms with van der Waals surface area (Å²) in [6.07, 6.45) is 12.7. The van der Waals surface area contributed by atoms with Crippen LogP contribution in [-0.2, 0) is 21.7 Å². The zero-order chi connectivity index (χ0) is 26.1. The molecule has 2 N–H and O–H groups in total. The molecule has 0 aromatic carbocycles. The number of ether oxygens (including phenoxy) is 1. The van der Waals surface area contributed by atoms with Crippen molar-refractivity contribution in [3.63, 3.8) is 0 Å². The number of imidazole rings is 1. The maximum Gasteiger partial charge on any atom is 0.305 e. The minimum absolute atomic E-state index is 0.0428. The molecule has 36 heavy (non-hydrogen) atoms. The molecule has 1 atom stereocenters. The molecule has 0 amide bonds. The number of carbonyl (C=O) groups is 1. The number of pyridine rings is 1. The first kappa shape index (κ1) is 27.6. The summed E-state index contributed by atoms with van der Waals surface area (Å²) >= 11 is 0. The van der Waals surface area contributed by atoms with Gasteiger partial charge in [0.05, 0.1) is 24.3 Å². The van der Waals surface area contributed by atoms with Gasteiger partial charge >= 0.3 is 5.97 Å². The third kappa shape index (κ3) is 7.03. The van der Waals surface area contributed by atoms with E-state index in [1.165, 1.54) is 13.2 Å². The first-order valence-corrected chi connectivity index (χ1v) is 12.8. The van der Waals surface area contributed by atoms with Crippen LogP contribution in [0.3, 0.4) is 0 Å². The molecule has 0 aliphatic heterocycles. The van der Waals surface area contributed by atoms with Crippen molar-refractivity contribution in [2.75, 3.05) is 19.5 Å². The number of nitrogens with one attached hydrogen (secondary N) is 1. The largest absolute Gasteiger partial charge is 0.469 e. The summed E-state index contributed by atoms with van der Waals surface area (Å²) in [5.41, 5.74) is 1.84. The molecule has 0 saturated heterocycles. The van der Waals surface area contributed by atoms with Gasteiger partial charge in [0.1, 0.15) is 17.2 Å². The van der Waals surface area contributed by atoms with Crippen LogP contribution in [0.1, 0.15) is 82.7 Å². The summed E-state index contributed by atoms with van der Waals surface area (Å²) in [5.74, 6) is 1.05. The standard InChI is InChI=1S/C28H39FN4O3/c1-5-22(29)12-10-11-20(2)26-25(21-14-17-31-23(19-21)30-3)32-27(28(35)15-16-28)33(26)18-9-7-6-8-13-24(34)36-4/h5,10-11,14,17,19-20,35H,6-9,12-13,15-16,18H2,1-4H3,(H,30,31)/b11-10-,22-5+. The van der Waals surface area contributed by atoms with Crippen molar-refractivity contribution in [2.45, 2.75) is 83.3 Å². The van der Waals surface area contributed by atoms with Gasteiger partial charge in [-0.1, -0.05) is 38.0 Å². The highest BCUT2D eigenvalue weighted by Crippen LogP contribution is 2.47. The van der Waals surface area contributed by atoms with Crippen molar-refractivity contribution in [1.29, 1.82) is 0 Å². The summed E-state index contributed by atoms with van der Waals surface area (Å²) in [6, 6.07) is 3.89. The number of nitrogens with zero attached hydrogens (tertiary/aromatic N) is 3. The monoisotopic (exact) mass is 498 g/mol. The number of esters is 1. The van der Waals surface area contributed by atoms with Crippen LogP contribution in [0, 0.1) is 0 Å². The molecule has 196 valence electrons. The Balaban J connectivity index is 1.92. The molecule has 2 aromatic heterocycles. The van der Waals surface area contributed by atoms with Crippen LogP contribution in [0.25, 0.3) is 11.3 Å². The lowest BCUT2D eigenvalue weighted by Gasteiger charge is -2.18. The Bertz CT molecular complexity index is 1090. The number of halogens is 1. The highest BCUT2D eigenvalue weighted by Gasteiger charge is 2.47. The molecule has 1 saturated carbocycles. The maximum atomic E-state index is 13.7. The third-order valence-electron chi connectivity index (χ3n) is 6.66. The van der Waals surface area contributed by atoms with Gasteiger partial charge in [0.15, 0.2) is 0 Å². The van der Waals surface area contributed by atoms with Gasteiger partial charge in [-0.3, -0.25) is 4.79 Å². The Morgan fingerprint density at radius 3 is 2.75 bits per heavy atom. The fourth-order valence-corrected chi connectivity index (χ4v) is 4.37. The number of hydrogen-bond donors (Lipinski definition) is 2. The molecule has 2 aromatic rings. The Hall–Kier alpha value is -3.00. The number of aliphatic hydroxyl groups is 1. The van der Waals surface area contributed by atoms with E-state index < -0.39 is 5.60 Å². The minimum atomic E-state index is -0.906. The fraction of sp³-hybridized carbons (Fsp3) is 0.536. The Morgan fingerprint density at radius 1 is 1.33 bits per heavy atom. The van der Waals surface area contributed by atoms with Gasteiger partial charge in [0, 0.05) is 44.1 Å². The molecule has 0 bridgehead atoms. The topological polar surface area (TPSA) is 89.3 Å². The van der Waals surface area contributed by atoms with E-state index in [1.54, 1.807) is 13.1 Å². The molecule has 3 rings (SSSR count). The quantitative estimate of drug-likeness (QED) is 0.188. The molecule has 1 fully saturated rings. The van der Waals surface area contributed by atoms with Crippen molar-refractivity contribution in [1.82, 2.24) is 14.5 Å². The first-order chi connectivity index (χ1) is 17.3. The van der Waals surface area contributed by atoms with Gasteiger partial charge in [0.2, 0.25) is 0 Å². The van der Waals surface area contributed by atoms with Crippen molar-refractivity contribution in [3.8, 4) is 11.3 Å². The molecule has 8 heteroatoms. The second-order valence-electron chi connectivity index (χ2n) is 9.43. The summed E-state index contributed by atoms with van der Waals surface area (Å²) in [6.45, 7) is 4.48. The van der Waals surface area contributed by atoms with E-state index in [4.69, 9.17) is 9.72 Å². The highest BCUT2D eigenvalue weighted by atomic mass is 19.1. The van der Waals surface area contributed by atoms with E-state index in [-0.39, 0.29) is 24.1 Å². The van der Waals surface area contributed by atoms with E-state index >= 15 is 0 Å². The Morgan fingerprint density at radius 2 is 2.08 bits per heavy atom. The average molecular weight is 499 g/mol. The average Bonchev–Trinajstić information content (AvgIpc) is 3.52. The van der Waals surface area contributed by atoms with Gasteiger partial charge in [0.25, 0.3) is 0 Å². The first-order valence-electron chi connectivity index (χ1n) is 12.8. The smallest absolute Gasteiger partial charge is 0.305 e. The van der Waals surface area contributed by atoms with Crippen molar-refractivity contribution >= 4 is 11.8 Å². The van der Waals surface area contributed by atoms with Crippen molar-refractivity contribution < 1.29 is 19.0 Å². The number of carbonyl (C=O) groups excluding carboxylic acids is 1. The van der Waals surface area contributed by atoms with E-state index in [0.717, 1.165) is 48.5 Å². The number of unbranched alkanes of at least 4 members (excludes halogenated alkanes) is 3. The number of allylic oxidation sites excluding steroid dienone is 4. The van der Waals surface area contributed by atoms with Gasteiger partial charge in [-0.05, 0) is 44.7 Å². The van der Waals surface area contributed by atoms with E-state index in [9.17, 15) is 14.3 Å². The van der Waals surface area contributed by atoms with Gasteiger partial charge in [-0.15, -0.1) is 0 Å². The molecule has 1 aliphatic rings. The van der Waals surface area contributed by atoms with Crippen LogP contribution < -0.4 is 5.32 Å². The zero-order valence-electron chi connectivity index (χ0n) is 21.9. The second-order valence-corrected chi connectivity index (χ2v) is 9.43. The van der Waals surface area contributed by atoms with Gasteiger partial charge in [-0.2, -0.15) is 0 Å². The minimum Gasteiger partial charge on any atom is -0.469 e. The molecular weight excluding hydrogens is 459 g/mol. The number of aromatic nitrogens is 3. The van der Waals surface area contributed by atoms with Crippen molar-refractivity contribution in [3.05, 3.63) is 53.9 Å². The molecular formula is C28H39FN4O3. The zero-order valence-corrected chi connectivity index (χ0v) is 21.9. The summed E-state index contributed by atoms with van der Waals surface area (Å²) in [5, 5.41) is 14.2. The highest BCUT2D eigenvalue weighted by molar-refractivity contribution is 5.69. The lowest BCUT2D eigenvalue weighted by atomic mass is 10.0. The molecule has 0 spiro atoms. The van der Waals surface area contributed by atoms with Crippen LogP contribution in [0.2, 0.25) is 0 Å². The molecule has 7 nitrogen and oxygen atoms in total. The van der Waals surface area contributed by atoms with E-state index in [1.807, 2.05) is 31.3 Å². The fourth-order valence-electron chi connectivity index (χ4n) is 4.37. The van der Waals surface area contributed by atoms with E-state index in [0.29, 0.717) is 31.6 Å². The number of methoxy groups -OCH3 is 1. The lowest BCUT2D eigenvalue weighted by molar-refractivity contribution is -0.140. The van der Waals surface area contributed by atoms with Crippen LogP contribution in [0.4, 0.5) is 10.2 Å². The number of rotatable bonds is 14. The van der Waals surface area contributed by atoms with Gasteiger partial charge in [-0.25, -0.2) is 14.4 Å². The second kappa shape index (κ2) is 12.8. The summed E-state index contributed by atoms with van der Waals surface area (Å²) in [4.78, 5) is 20.7. The Kier molecular flexibility index (Phi) is 9.81. The third-order valence-corrected chi connectivity index (χ3v) is 6.66. The number of hydrogen-bond acceptors (Lipinski definition) is 6. The normalized spacial score (nSPS) is 15.8.